The summed E-state index contributed by atoms with van der Waals surface area (Å²) in [6, 6.07) is 5.38. The molecule has 0 bridgehead atoms. The first-order valence-electron chi connectivity index (χ1n) is 6.27. The molecule has 1 aromatic heterocycles. The molecule has 0 saturated heterocycles. The summed E-state index contributed by atoms with van der Waals surface area (Å²) in [7, 11) is 1.93. The second-order valence-corrected chi connectivity index (χ2v) is 5.37. The summed E-state index contributed by atoms with van der Waals surface area (Å²) in [6.45, 7) is 2.56. The molecule has 0 aliphatic rings. The number of benzene rings is 1. The highest BCUT2D eigenvalue weighted by Crippen LogP contribution is 2.18. The van der Waals surface area contributed by atoms with Crippen LogP contribution in [0.5, 0.6) is 0 Å². The predicted molar refractivity (Wildman–Crippen MR) is 77.5 cm³/mol. The van der Waals surface area contributed by atoms with Crippen molar-refractivity contribution < 1.29 is 4.39 Å². The highest BCUT2D eigenvalue weighted by atomic mass is 79.9. The van der Waals surface area contributed by atoms with Crippen molar-refractivity contribution in [2.75, 3.05) is 7.05 Å². The lowest BCUT2D eigenvalue weighted by Gasteiger charge is -2.10. The van der Waals surface area contributed by atoms with Crippen LogP contribution in [0.2, 0.25) is 0 Å². The van der Waals surface area contributed by atoms with Crippen molar-refractivity contribution in [3.63, 3.8) is 0 Å². The van der Waals surface area contributed by atoms with Gasteiger partial charge in [0.15, 0.2) is 0 Å². The van der Waals surface area contributed by atoms with Gasteiger partial charge in [-0.2, -0.15) is 5.10 Å². The zero-order valence-electron chi connectivity index (χ0n) is 11.0. The van der Waals surface area contributed by atoms with Gasteiger partial charge in [0.05, 0.1) is 12.7 Å². The average molecular weight is 326 g/mol. The maximum atomic E-state index is 13.8. The molecule has 0 fully saturated rings. The molecule has 2 aromatic rings. The van der Waals surface area contributed by atoms with Crippen LogP contribution < -0.4 is 5.32 Å². The van der Waals surface area contributed by atoms with Crippen LogP contribution >= 0.6 is 15.9 Å². The van der Waals surface area contributed by atoms with E-state index in [1.165, 1.54) is 6.07 Å². The molecule has 102 valence electrons. The van der Waals surface area contributed by atoms with E-state index in [9.17, 15) is 4.39 Å². The van der Waals surface area contributed by atoms with E-state index in [0.29, 0.717) is 18.2 Å². The summed E-state index contributed by atoms with van der Waals surface area (Å²) < 4.78 is 16.3. The molecular weight excluding hydrogens is 309 g/mol. The van der Waals surface area contributed by atoms with Gasteiger partial charge in [-0.25, -0.2) is 4.39 Å². The number of halogens is 2. The Bertz CT molecular complexity index is 549. The molecule has 0 spiro atoms. The van der Waals surface area contributed by atoms with Gasteiger partial charge in [0.1, 0.15) is 5.82 Å². The van der Waals surface area contributed by atoms with E-state index in [2.05, 4.69) is 33.3 Å². The highest BCUT2D eigenvalue weighted by molar-refractivity contribution is 9.10. The monoisotopic (exact) mass is 325 g/mol. The minimum atomic E-state index is -0.216. The minimum absolute atomic E-state index is 0.216. The van der Waals surface area contributed by atoms with Crippen LogP contribution in [0.3, 0.4) is 0 Å². The van der Waals surface area contributed by atoms with Gasteiger partial charge in [-0.15, -0.1) is 0 Å². The third kappa shape index (κ3) is 3.42. The van der Waals surface area contributed by atoms with E-state index in [4.69, 9.17) is 0 Å². The number of nitrogens with zero attached hydrogens (tertiary/aromatic N) is 2. The molecule has 5 heteroatoms. The number of nitrogens with one attached hydrogen (secondary N) is 1. The third-order valence-corrected chi connectivity index (χ3v) is 3.65. The van der Waals surface area contributed by atoms with Crippen molar-refractivity contribution in [1.82, 2.24) is 15.1 Å². The lowest BCUT2D eigenvalue weighted by Crippen LogP contribution is -2.14. The maximum Gasteiger partial charge on any atom is 0.129 e. The van der Waals surface area contributed by atoms with Gasteiger partial charge >= 0.3 is 0 Å². The summed E-state index contributed by atoms with van der Waals surface area (Å²) in [5.41, 5.74) is 1.76. The van der Waals surface area contributed by atoms with Gasteiger partial charge < -0.3 is 5.32 Å². The van der Waals surface area contributed by atoms with Crippen molar-refractivity contribution in [3.8, 4) is 0 Å². The Kier molecular flexibility index (Phi) is 4.71. The Morgan fingerprint density at radius 1 is 1.47 bits per heavy atom. The summed E-state index contributed by atoms with van der Waals surface area (Å²) in [6.07, 6.45) is 4.79. The molecule has 0 aliphatic heterocycles. The van der Waals surface area contributed by atoms with Crippen molar-refractivity contribution in [2.24, 2.45) is 0 Å². The lowest BCUT2D eigenvalue weighted by molar-refractivity contribution is 0.571. The standard InChI is InChI=1S/C14H17BrFN3/c1-3-14(17-2)11-7-18-19(9-11)8-10-4-5-12(15)6-13(10)16/h4-7,9,14,17H,3,8H2,1-2H3. The quantitative estimate of drug-likeness (QED) is 0.911. The average Bonchev–Trinajstić information content (AvgIpc) is 2.83. The van der Waals surface area contributed by atoms with E-state index < -0.39 is 0 Å². The molecule has 1 N–H and O–H groups in total. The van der Waals surface area contributed by atoms with Gasteiger partial charge in [-0.3, -0.25) is 4.68 Å². The van der Waals surface area contributed by atoms with Crippen LogP contribution in [0, 0.1) is 5.82 Å². The first-order chi connectivity index (χ1) is 9.13. The number of hydrogen-bond donors (Lipinski definition) is 1. The van der Waals surface area contributed by atoms with Gasteiger partial charge in [0.25, 0.3) is 0 Å². The molecule has 0 saturated carbocycles. The molecule has 2 rings (SSSR count). The first-order valence-corrected chi connectivity index (χ1v) is 7.07. The summed E-state index contributed by atoms with van der Waals surface area (Å²) in [5.74, 6) is -0.216. The van der Waals surface area contributed by atoms with Crippen LogP contribution in [-0.4, -0.2) is 16.8 Å². The molecule has 19 heavy (non-hydrogen) atoms. The zero-order valence-corrected chi connectivity index (χ0v) is 12.6. The topological polar surface area (TPSA) is 29.9 Å². The van der Waals surface area contributed by atoms with Gasteiger partial charge in [0.2, 0.25) is 0 Å². The van der Waals surface area contributed by atoms with Crippen molar-refractivity contribution in [1.29, 1.82) is 0 Å². The van der Waals surface area contributed by atoms with E-state index in [0.717, 1.165) is 16.5 Å². The van der Waals surface area contributed by atoms with Gasteiger partial charge in [0, 0.05) is 27.8 Å². The Morgan fingerprint density at radius 3 is 2.89 bits per heavy atom. The van der Waals surface area contributed by atoms with Crippen LogP contribution in [0.4, 0.5) is 4.39 Å². The smallest absolute Gasteiger partial charge is 0.129 e. The second kappa shape index (κ2) is 6.30. The fourth-order valence-corrected chi connectivity index (χ4v) is 2.41. The fourth-order valence-electron chi connectivity index (χ4n) is 2.08. The van der Waals surface area contributed by atoms with Crippen LogP contribution in [0.1, 0.15) is 30.5 Å². The predicted octanol–water partition coefficient (Wildman–Crippen LogP) is 3.50. The zero-order chi connectivity index (χ0) is 13.8. The molecule has 3 nitrogen and oxygen atoms in total. The summed E-state index contributed by atoms with van der Waals surface area (Å²) in [4.78, 5) is 0. The van der Waals surface area contributed by atoms with Gasteiger partial charge in [-0.1, -0.05) is 28.9 Å². The second-order valence-electron chi connectivity index (χ2n) is 4.46. The molecule has 1 aromatic carbocycles. The number of aromatic nitrogens is 2. The van der Waals surface area contributed by atoms with Crippen LogP contribution in [-0.2, 0) is 6.54 Å². The highest BCUT2D eigenvalue weighted by Gasteiger charge is 2.10. The number of rotatable bonds is 5. The minimum Gasteiger partial charge on any atom is -0.313 e. The number of hydrogen-bond acceptors (Lipinski definition) is 2. The summed E-state index contributed by atoms with van der Waals surface area (Å²) in [5, 5.41) is 7.52. The molecular formula is C14H17BrFN3. The lowest BCUT2D eigenvalue weighted by atomic mass is 10.1. The van der Waals surface area contributed by atoms with E-state index in [1.54, 1.807) is 10.7 Å². The SMILES string of the molecule is CCC(NC)c1cnn(Cc2ccc(Br)cc2F)c1. The Labute approximate surface area is 121 Å². The third-order valence-electron chi connectivity index (χ3n) is 3.16. The van der Waals surface area contributed by atoms with E-state index in [1.807, 2.05) is 25.5 Å². The Balaban J connectivity index is 2.15. The molecule has 0 amide bonds. The molecule has 1 unspecified atom stereocenters. The molecule has 1 atom stereocenters. The molecule has 1 heterocycles. The van der Waals surface area contributed by atoms with Crippen molar-refractivity contribution >= 4 is 15.9 Å². The molecule has 0 radical (unpaired) electrons. The van der Waals surface area contributed by atoms with E-state index >= 15 is 0 Å². The van der Waals surface area contributed by atoms with Crippen LogP contribution in [0.25, 0.3) is 0 Å². The van der Waals surface area contributed by atoms with Crippen molar-refractivity contribution in [2.45, 2.75) is 25.9 Å². The molecule has 0 aliphatic carbocycles. The first kappa shape index (κ1) is 14.2. The Hall–Kier alpha value is -1.20. The largest absolute Gasteiger partial charge is 0.313 e. The van der Waals surface area contributed by atoms with E-state index in [-0.39, 0.29) is 5.82 Å². The normalized spacial score (nSPS) is 12.6. The Morgan fingerprint density at radius 2 is 2.26 bits per heavy atom. The van der Waals surface area contributed by atoms with Crippen molar-refractivity contribution in [3.05, 3.63) is 52.0 Å². The van der Waals surface area contributed by atoms with Crippen LogP contribution in [0.15, 0.2) is 35.1 Å². The maximum absolute atomic E-state index is 13.8. The van der Waals surface area contributed by atoms with Gasteiger partial charge in [-0.05, 0) is 25.6 Å². The summed E-state index contributed by atoms with van der Waals surface area (Å²) >= 11 is 3.25. The fraction of sp³-hybridized carbons (Fsp3) is 0.357.